The molecule has 2 aromatic carbocycles. The number of rotatable bonds is 8. The van der Waals surface area contributed by atoms with Gasteiger partial charge in [0.15, 0.2) is 0 Å². The maximum atomic E-state index is 13.6. The molecule has 2 aromatic rings. The monoisotopic (exact) mass is 456 g/mol. The molecule has 0 heterocycles. The minimum absolute atomic E-state index is 0.0475. The van der Waals surface area contributed by atoms with Crippen LogP contribution in [0, 0.1) is 11.2 Å². The Hall–Kier alpha value is -3.09. The van der Waals surface area contributed by atoms with Gasteiger partial charge in [-0.3, -0.25) is 4.79 Å². The molecule has 1 atom stereocenters. The lowest BCUT2D eigenvalue weighted by Crippen LogP contribution is -2.41. The average molecular weight is 457 g/mol. The number of halogens is 1. The Labute approximate surface area is 197 Å². The van der Waals surface area contributed by atoms with E-state index in [-0.39, 0.29) is 23.4 Å². The van der Waals surface area contributed by atoms with Gasteiger partial charge in [0.05, 0.1) is 0 Å². The third-order valence-corrected chi connectivity index (χ3v) is 5.34. The van der Waals surface area contributed by atoms with Crippen molar-refractivity contribution in [2.75, 3.05) is 29.6 Å². The van der Waals surface area contributed by atoms with Gasteiger partial charge < -0.3 is 20.4 Å². The summed E-state index contributed by atoms with van der Waals surface area (Å²) in [6.07, 6.45) is 1.17. The number of carbonyl (C=O) groups excluding carboxylic acids is 2. The van der Waals surface area contributed by atoms with E-state index in [1.54, 1.807) is 17.0 Å². The molecule has 3 amide bonds. The van der Waals surface area contributed by atoms with E-state index in [1.165, 1.54) is 12.1 Å². The molecular weight excluding hydrogens is 419 g/mol. The number of benzene rings is 2. The standard InChI is InChI=1S/C26H37FN4O2/c1-8-18(2)31(25(33)29-21-11-9-10-20(27)15-21)17-19-14-22(12-13-23(19)30(6)7)28-24(32)16-26(3,4)5/h9-15,18H,8,16-17H2,1-7H3,(H,28,32)(H,29,33). The second-order valence-corrected chi connectivity index (χ2v) is 9.85. The van der Waals surface area contributed by atoms with E-state index in [0.29, 0.717) is 24.3 Å². The number of urea groups is 1. The predicted molar refractivity (Wildman–Crippen MR) is 134 cm³/mol. The van der Waals surface area contributed by atoms with Crippen molar-refractivity contribution in [1.29, 1.82) is 0 Å². The van der Waals surface area contributed by atoms with Gasteiger partial charge in [0.1, 0.15) is 5.82 Å². The van der Waals surface area contributed by atoms with Crippen LogP contribution in [0.1, 0.15) is 53.0 Å². The minimum Gasteiger partial charge on any atom is -0.377 e. The Bertz CT molecular complexity index is 969. The van der Waals surface area contributed by atoms with Gasteiger partial charge in [-0.1, -0.05) is 33.8 Å². The zero-order valence-corrected chi connectivity index (χ0v) is 20.8. The first-order valence-electron chi connectivity index (χ1n) is 11.3. The lowest BCUT2D eigenvalue weighted by molar-refractivity contribution is -0.117. The van der Waals surface area contributed by atoms with E-state index in [2.05, 4.69) is 10.6 Å². The molecule has 0 aliphatic rings. The fourth-order valence-corrected chi connectivity index (χ4v) is 3.51. The number of nitrogens with zero attached hydrogens (tertiary/aromatic N) is 2. The number of hydrogen-bond donors (Lipinski definition) is 2. The maximum absolute atomic E-state index is 13.6. The lowest BCUT2D eigenvalue weighted by Gasteiger charge is -2.31. The van der Waals surface area contributed by atoms with Gasteiger partial charge in [0, 0.05) is 50.2 Å². The van der Waals surface area contributed by atoms with Crippen molar-refractivity contribution in [1.82, 2.24) is 4.90 Å². The summed E-state index contributed by atoms with van der Waals surface area (Å²) in [5, 5.41) is 5.78. The van der Waals surface area contributed by atoms with Crippen LogP contribution in [0.3, 0.4) is 0 Å². The molecule has 0 bridgehead atoms. The predicted octanol–water partition coefficient (Wildman–Crippen LogP) is 6.10. The molecule has 0 aliphatic heterocycles. The quantitative estimate of drug-likeness (QED) is 0.504. The summed E-state index contributed by atoms with van der Waals surface area (Å²) in [5.41, 5.74) is 2.85. The molecule has 180 valence electrons. The van der Waals surface area contributed by atoms with E-state index in [1.807, 2.05) is 71.8 Å². The number of carbonyl (C=O) groups is 2. The highest BCUT2D eigenvalue weighted by molar-refractivity contribution is 5.92. The molecule has 0 radical (unpaired) electrons. The van der Waals surface area contributed by atoms with Crippen LogP contribution in [0.4, 0.5) is 26.2 Å². The number of nitrogens with one attached hydrogen (secondary N) is 2. The normalized spacial score (nSPS) is 12.1. The molecule has 6 nitrogen and oxygen atoms in total. The molecule has 0 saturated heterocycles. The summed E-state index contributed by atoms with van der Waals surface area (Å²) in [6.45, 7) is 10.4. The van der Waals surface area contributed by atoms with E-state index in [4.69, 9.17) is 0 Å². The zero-order valence-electron chi connectivity index (χ0n) is 20.8. The molecule has 0 saturated carbocycles. The molecule has 7 heteroatoms. The second-order valence-electron chi connectivity index (χ2n) is 9.85. The molecular formula is C26H37FN4O2. The summed E-state index contributed by atoms with van der Waals surface area (Å²) in [5.74, 6) is -0.454. The lowest BCUT2D eigenvalue weighted by atomic mass is 9.92. The third kappa shape index (κ3) is 8.08. The van der Waals surface area contributed by atoms with Crippen molar-refractivity contribution in [2.24, 2.45) is 5.41 Å². The molecule has 2 N–H and O–H groups in total. The Kier molecular flexibility index (Phi) is 8.85. The van der Waals surface area contributed by atoms with Crippen LogP contribution in [0.2, 0.25) is 0 Å². The van der Waals surface area contributed by atoms with Crippen molar-refractivity contribution >= 4 is 29.0 Å². The van der Waals surface area contributed by atoms with E-state index in [9.17, 15) is 14.0 Å². The molecule has 33 heavy (non-hydrogen) atoms. The van der Waals surface area contributed by atoms with Crippen LogP contribution in [0.25, 0.3) is 0 Å². The second kappa shape index (κ2) is 11.2. The summed E-state index contributed by atoms with van der Waals surface area (Å²) in [7, 11) is 3.88. The van der Waals surface area contributed by atoms with Crippen molar-refractivity contribution in [3.05, 3.63) is 53.8 Å². The van der Waals surface area contributed by atoms with Gasteiger partial charge in [0.25, 0.3) is 0 Å². The average Bonchev–Trinajstić information content (AvgIpc) is 2.69. The van der Waals surface area contributed by atoms with Crippen LogP contribution >= 0.6 is 0 Å². The molecule has 2 rings (SSSR count). The summed E-state index contributed by atoms with van der Waals surface area (Å²) in [6, 6.07) is 11.2. The fraction of sp³-hybridized carbons (Fsp3) is 0.462. The summed E-state index contributed by atoms with van der Waals surface area (Å²) in [4.78, 5) is 29.3. The van der Waals surface area contributed by atoms with Gasteiger partial charge in [0.2, 0.25) is 5.91 Å². The van der Waals surface area contributed by atoms with Gasteiger partial charge in [-0.2, -0.15) is 0 Å². The van der Waals surface area contributed by atoms with Crippen LogP contribution in [0.15, 0.2) is 42.5 Å². The minimum atomic E-state index is -0.406. The van der Waals surface area contributed by atoms with Gasteiger partial charge in [-0.05, 0) is 60.7 Å². The number of amides is 3. The zero-order chi connectivity index (χ0) is 24.8. The van der Waals surface area contributed by atoms with Crippen LogP contribution < -0.4 is 15.5 Å². The highest BCUT2D eigenvalue weighted by Crippen LogP contribution is 2.27. The smallest absolute Gasteiger partial charge is 0.322 e. The Morgan fingerprint density at radius 3 is 2.27 bits per heavy atom. The first kappa shape index (κ1) is 26.2. The van der Waals surface area contributed by atoms with E-state index >= 15 is 0 Å². The molecule has 1 unspecified atom stereocenters. The van der Waals surface area contributed by atoms with Gasteiger partial charge in [-0.15, -0.1) is 0 Å². The van der Waals surface area contributed by atoms with Crippen LogP contribution in [0.5, 0.6) is 0 Å². The van der Waals surface area contributed by atoms with Crippen molar-refractivity contribution in [3.8, 4) is 0 Å². The van der Waals surface area contributed by atoms with Crippen molar-refractivity contribution in [3.63, 3.8) is 0 Å². The van der Waals surface area contributed by atoms with E-state index in [0.717, 1.165) is 17.7 Å². The Balaban J connectivity index is 2.31. The van der Waals surface area contributed by atoms with Gasteiger partial charge >= 0.3 is 6.03 Å². The largest absolute Gasteiger partial charge is 0.377 e. The maximum Gasteiger partial charge on any atom is 0.322 e. The number of hydrogen-bond acceptors (Lipinski definition) is 3. The molecule has 0 aromatic heterocycles. The highest BCUT2D eigenvalue weighted by Gasteiger charge is 2.22. The first-order chi connectivity index (χ1) is 15.4. The van der Waals surface area contributed by atoms with Crippen LogP contribution in [-0.2, 0) is 11.3 Å². The van der Waals surface area contributed by atoms with Gasteiger partial charge in [-0.25, -0.2) is 9.18 Å². The van der Waals surface area contributed by atoms with Crippen molar-refractivity contribution < 1.29 is 14.0 Å². The SMILES string of the molecule is CCC(C)N(Cc1cc(NC(=O)CC(C)(C)C)ccc1N(C)C)C(=O)Nc1cccc(F)c1. The van der Waals surface area contributed by atoms with Crippen LogP contribution in [-0.4, -0.2) is 37.0 Å². The third-order valence-electron chi connectivity index (χ3n) is 5.34. The molecule has 0 aliphatic carbocycles. The molecule has 0 spiro atoms. The first-order valence-corrected chi connectivity index (χ1v) is 11.3. The summed E-state index contributed by atoms with van der Waals surface area (Å²) < 4.78 is 13.6. The van der Waals surface area contributed by atoms with E-state index < -0.39 is 5.82 Å². The fourth-order valence-electron chi connectivity index (χ4n) is 3.51. The highest BCUT2D eigenvalue weighted by atomic mass is 19.1. The molecule has 0 fully saturated rings. The number of anilines is 3. The Morgan fingerprint density at radius 2 is 1.70 bits per heavy atom. The van der Waals surface area contributed by atoms with Crippen molar-refractivity contribution in [2.45, 2.75) is 60.0 Å². The summed E-state index contributed by atoms with van der Waals surface area (Å²) >= 11 is 0. The Morgan fingerprint density at radius 1 is 1.03 bits per heavy atom. The topological polar surface area (TPSA) is 64.7 Å².